The fourth-order valence-electron chi connectivity index (χ4n) is 4.84. The number of piperidine rings is 1. The molecule has 0 aromatic heterocycles. The maximum atomic E-state index is 13.2. The molecule has 10 heteroatoms. The highest BCUT2D eigenvalue weighted by atomic mass is 32.2. The summed E-state index contributed by atoms with van der Waals surface area (Å²) >= 11 is 0. The van der Waals surface area contributed by atoms with Crippen LogP contribution in [0.3, 0.4) is 0 Å². The third-order valence-corrected chi connectivity index (χ3v) is 8.69. The number of ketones is 1. The number of hydrogen-bond acceptors (Lipinski definition) is 7. The van der Waals surface area contributed by atoms with E-state index in [2.05, 4.69) is 0 Å². The minimum atomic E-state index is -3.65. The zero-order valence-electron chi connectivity index (χ0n) is 21.1. The number of methoxy groups -OCH3 is 2. The van der Waals surface area contributed by atoms with Crippen molar-refractivity contribution >= 4 is 27.5 Å². The quantitative estimate of drug-likeness (QED) is 0.230. The predicted octanol–water partition coefficient (Wildman–Crippen LogP) is 3.33. The van der Waals surface area contributed by atoms with Crippen LogP contribution >= 0.6 is 0 Å². The molecule has 2 aliphatic rings. The molecule has 0 radical (unpaired) electrons. The lowest BCUT2D eigenvalue weighted by molar-refractivity contribution is -0.140. The van der Waals surface area contributed by atoms with Crippen molar-refractivity contribution in [2.75, 3.05) is 40.5 Å². The Morgan fingerprint density at radius 2 is 1.73 bits per heavy atom. The molecule has 0 bridgehead atoms. The van der Waals surface area contributed by atoms with Gasteiger partial charge in [0.25, 0.3) is 11.7 Å². The van der Waals surface area contributed by atoms with Crippen LogP contribution in [0.25, 0.3) is 5.76 Å². The summed E-state index contributed by atoms with van der Waals surface area (Å²) in [7, 11) is -0.565. The minimum absolute atomic E-state index is 0.0534. The van der Waals surface area contributed by atoms with Crippen LogP contribution in [-0.2, 0) is 24.3 Å². The van der Waals surface area contributed by atoms with E-state index >= 15 is 0 Å². The topological polar surface area (TPSA) is 113 Å². The van der Waals surface area contributed by atoms with Crippen molar-refractivity contribution in [3.05, 3.63) is 65.2 Å². The second-order valence-electron chi connectivity index (χ2n) is 9.10. The van der Waals surface area contributed by atoms with E-state index < -0.39 is 27.8 Å². The number of nitrogens with zero attached hydrogens (tertiary/aromatic N) is 2. The summed E-state index contributed by atoms with van der Waals surface area (Å²) in [5, 5.41) is 11.3. The Hall–Kier alpha value is -3.21. The standard InChI is InChI=1S/C27H32N2O7S/c1-35-17-7-16-29-24(20-8-6-9-21(18-20)36-2)23(26(31)27(29)32)25(30)19-10-12-22(13-11-19)37(33,34)28-14-4-3-5-15-28/h6,8-13,18,24,30H,3-5,7,14-17H2,1-2H3/t24-/m1/s1. The minimum Gasteiger partial charge on any atom is -0.507 e. The molecule has 2 heterocycles. The Morgan fingerprint density at radius 1 is 1.03 bits per heavy atom. The monoisotopic (exact) mass is 528 g/mol. The number of amides is 1. The smallest absolute Gasteiger partial charge is 0.295 e. The zero-order chi connectivity index (χ0) is 26.6. The summed E-state index contributed by atoms with van der Waals surface area (Å²) in [6.45, 7) is 1.62. The van der Waals surface area contributed by atoms with E-state index in [9.17, 15) is 23.1 Å². The van der Waals surface area contributed by atoms with E-state index in [-0.39, 0.29) is 28.3 Å². The number of hydrogen-bond donors (Lipinski definition) is 1. The summed E-state index contributed by atoms with van der Waals surface area (Å²) in [5.74, 6) is -1.32. The third kappa shape index (κ3) is 5.41. The molecule has 2 saturated heterocycles. The van der Waals surface area contributed by atoms with Gasteiger partial charge in [-0.25, -0.2) is 8.42 Å². The molecule has 2 aromatic rings. The van der Waals surface area contributed by atoms with Crippen LogP contribution < -0.4 is 4.74 Å². The van der Waals surface area contributed by atoms with Gasteiger partial charge in [0.1, 0.15) is 11.5 Å². The van der Waals surface area contributed by atoms with Crippen molar-refractivity contribution in [3.63, 3.8) is 0 Å². The summed E-state index contributed by atoms with van der Waals surface area (Å²) in [5.41, 5.74) is 0.810. The Bertz CT molecular complexity index is 1280. The Balaban J connectivity index is 1.73. The molecule has 1 atom stereocenters. The van der Waals surface area contributed by atoms with Crippen LogP contribution in [0.1, 0.15) is 42.9 Å². The Labute approximate surface area is 217 Å². The van der Waals surface area contributed by atoms with Gasteiger partial charge in [-0.3, -0.25) is 9.59 Å². The van der Waals surface area contributed by atoms with Gasteiger partial charge in [0, 0.05) is 38.9 Å². The SMILES string of the molecule is COCCCN1C(=O)C(=O)C(=C(O)c2ccc(S(=O)(=O)N3CCCCC3)cc2)[C@H]1c1cccc(OC)c1. The molecule has 0 unspecified atom stereocenters. The van der Waals surface area contributed by atoms with Crippen LogP contribution in [0.2, 0.25) is 0 Å². The van der Waals surface area contributed by atoms with E-state index in [4.69, 9.17) is 9.47 Å². The molecule has 37 heavy (non-hydrogen) atoms. The molecule has 4 rings (SSSR count). The largest absolute Gasteiger partial charge is 0.507 e. The molecular formula is C27H32N2O7S. The first-order valence-corrected chi connectivity index (χ1v) is 13.8. The maximum Gasteiger partial charge on any atom is 0.295 e. The van der Waals surface area contributed by atoms with Gasteiger partial charge in [0.05, 0.1) is 23.6 Å². The molecule has 1 N–H and O–H groups in total. The number of rotatable bonds is 9. The lowest BCUT2D eigenvalue weighted by Gasteiger charge is -2.26. The van der Waals surface area contributed by atoms with Gasteiger partial charge in [0.15, 0.2) is 0 Å². The third-order valence-electron chi connectivity index (χ3n) is 6.78. The van der Waals surface area contributed by atoms with Crippen molar-refractivity contribution < 1.29 is 32.6 Å². The van der Waals surface area contributed by atoms with Gasteiger partial charge < -0.3 is 19.5 Å². The molecule has 0 spiro atoms. The summed E-state index contributed by atoms with van der Waals surface area (Å²) in [6.07, 6.45) is 3.17. The molecule has 0 saturated carbocycles. The normalized spacial score (nSPS) is 20.4. The highest BCUT2D eigenvalue weighted by Crippen LogP contribution is 2.40. The number of benzene rings is 2. The van der Waals surface area contributed by atoms with Gasteiger partial charge in [-0.1, -0.05) is 18.6 Å². The number of Topliss-reactive ketones (excluding diaryl/α,β-unsaturated/α-hetero) is 1. The Kier molecular flexibility index (Phi) is 8.31. The molecular weight excluding hydrogens is 496 g/mol. The summed E-state index contributed by atoms with van der Waals surface area (Å²) in [4.78, 5) is 27.7. The van der Waals surface area contributed by atoms with Crippen molar-refractivity contribution in [2.24, 2.45) is 0 Å². The molecule has 1 amide bonds. The molecule has 0 aliphatic carbocycles. The van der Waals surface area contributed by atoms with Gasteiger partial charge in [0.2, 0.25) is 10.0 Å². The molecule has 2 aromatic carbocycles. The first-order valence-electron chi connectivity index (χ1n) is 12.3. The predicted molar refractivity (Wildman–Crippen MR) is 138 cm³/mol. The van der Waals surface area contributed by atoms with E-state index in [0.717, 1.165) is 19.3 Å². The maximum absolute atomic E-state index is 13.2. The van der Waals surface area contributed by atoms with E-state index in [1.165, 1.54) is 40.6 Å². The number of carbonyl (C=O) groups is 2. The number of aliphatic hydroxyl groups is 1. The van der Waals surface area contributed by atoms with Crippen LogP contribution in [0.15, 0.2) is 59.0 Å². The lowest BCUT2D eigenvalue weighted by Crippen LogP contribution is -2.35. The highest BCUT2D eigenvalue weighted by molar-refractivity contribution is 7.89. The van der Waals surface area contributed by atoms with Crippen molar-refractivity contribution in [3.8, 4) is 5.75 Å². The van der Waals surface area contributed by atoms with Gasteiger partial charge >= 0.3 is 0 Å². The van der Waals surface area contributed by atoms with Crippen molar-refractivity contribution in [2.45, 2.75) is 36.6 Å². The van der Waals surface area contributed by atoms with Crippen LogP contribution in [-0.4, -0.2) is 74.9 Å². The zero-order valence-corrected chi connectivity index (χ0v) is 21.9. The average molecular weight is 529 g/mol. The van der Waals surface area contributed by atoms with E-state index in [0.29, 0.717) is 37.4 Å². The van der Waals surface area contributed by atoms with Crippen molar-refractivity contribution in [1.82, 2.24) is 9.21 Å². The van der Waals surface area contributed by atoms with Gasteiger partial charge in [-0.2, -0.15) is 4.31 Å². The van der Waals surface area contributed by atoms with Crippen LogP contribution in [0.4, 0.5) is 0 Å². The fourth-order valence-corrected chi connectivity index (χ4v) is 6.36. The highest BCUT2D eigenvalue weighted by Gasteiger charge is 2.46. The van der Waals surface area contributed by atoms with Crippen LogP contribution in [0, 0.1) is 0 Å². The first-order chi connectivity index (χ1) is 17.8. The number of aliphatic hydroxyl groups excluding tert-OH is 1. The fraction of sp³-hybridized carbons (Fsp3) is 0.407. The molecule has 2 aliphatic heterocycles. The van der Waals surface area contributed by atoms with Crippen molar-refractivity contribution in [1.29, 1.82) is 0 Å². The first kappa shape index (κ1) is 26.8. The van der Waals surface area contributed by atoms with Gasteiger partial charge in [-0.15, -0.1) is 0 Å². The second kappa shape index (κ2) is 11.5. The Morgan fingerprint density at radius 3 is 2.38 bits per heavy atom. The second-order valence-corrected chi connectivity index (χ2v) is 11.0. The van der Waals surface area contributed by atoms with E-state index in [1.807, 2.05) is 0 Å². The van der Waals surface area contributed by atoms with Gasteiger partial charge in [-0.05, 0) is 61.2 Å². The number of carbonyl (C=O) groups excluding carboxylic acids is 2. The summed E-state index contributed by atoms with van der Waals surface area (Å²) < 4.78 is 37.9. The summed E-state index contributed by atoms with van der Waals surface area (Å²) in [6, 6.07) is 11.9. The number of ether oxygens (including phenoxy) is 2. The average Bonchev–Trinajstić information content (AvgIpc) is 3.18. The molecule has 198 valence electrons. The van der Waals surface area contributed by atoms with E-state index in [1.54, 1.807) is 31.4 Å². The molecule has 9 nitrogen and oxygen atoms in total. The number of sulfonamides is 1. The molecule has 2 fully saturated rings. The number of likely N-dealkylation sites (tertiary alicyclic amines) is 1. The lowest BCUT2D eigenvalue weighted by atomic mass is 9.95. The van der Waals surface area contributed by atoms with Crippen LogP contribution in [0.5, 0.6) is 5.75 Å².